The van der Waals surface area contributed by atoms with Gasteiger partial charge in [-0.15, -0.1) is 0 Å². The maximum Gasteiger partial charge on any atom is 0.137 e. The van der Waals surface area contributed by atoms with Crippen molar-refractivity contribution in [2.24, 2.45) is 52.3 Å². The highest BCUT2D eigenvalue weighted by molar-refractivity contribution is 5.88. The van der Waals surface area contributed by atoms with Crippen molar-refractivity contribution in [3.63, 3.8) is 0 Å². The second-order valence-corrected chi connectivity index (χ2v) is 14.1. The van der Waals surface area contributed by atoms with Gasteiger partial charge >= 0.3 is 0 Å². The second kappa shape index (κ2) is 8.49. The Balaban J connectivity index is 1.27. The van der Waals surface area contributed by atoms with E-state index >= 15 is 0 Å². The Morgan fingerprint density at radius 1 is 0.971 bits per heavy atom. The predicted octanol–water partition coefficient (Wildman–Crippen LogP) is 8.38. The molecule has 3 saturated carbocycles. The van der Waals surface area contributed by atoms with Crippen LogP contribution in [0.2, 0.25) is 0 Å². The predicted molar refractivity (Wildman–Crippen MR) is 145 cm³/mol. The average Bonchev–Trinajstić information content (AvgIpc) is 3.35. The molecule has 35 heavy (non-hydrogen) atoms. The smallest absolute Gasteiger partial charge is 0.137 e. The zero-order valence-corrected chi connectivity index (χ0v) is 22.8. The molecule has 8 unspecified atom stereocenters. The summed E-state index contributed by atoms with van der Waals surface area (Å²) >= 11 is 0. The van der Waals surface area contributed by atoms with Crippen LogP contribution in [0.4, 0.5) is 0 Å². The molecule has 2 nitrogen and oxygen atoms in total. The Bertz CT molecular complexity index is 1110. The van der Waals surface area contributed by atoms with Crippen LogP contribution in [0, 0.1) is 52.3 Å². The quantitative estimate of drug-likeness (QED) is 0.465. The van der Waals surface area contributed by atoms with Gasteiger partial charge in [-0.05, 0) is 96.5 Å². The molecule has 3 fully saturated rings. The normalized spacial score (nSPS) is 39.3. The Hall–Kier alpha value is -1.57. The highest BCUT2D eigenvalue weighted by Gasteiger charge is 2.62. The van der Waals surface area contributed by atoms with Gasteiger partial charge in [-0.25, -0.2) is 0 Å². The third-order valence-electron chi connectivity index (χ3n) is 12.0. The van der Waals surface area contributed by atoms with Crippen LogP contribution in [0.25, 0.3) is 10.9 Å². The number of para-hydroxylation sites is 1. The molecule has 6 rings (SSSR count). The SMILES string of the molecule is CC(C)CCCC(C)C1CCC2C3CC(=O)C4Cc5[nH]c6ccccc6c5CC4(C)C3CCC12C. The van der Waals surface area contributed by atoms with Gasteiger partial charge in [-0.2, -0.15) is 0 Å². The molecular formula is C33H47NO. The maximum absolute atomic E-state index is 13.8. The van der Waals surface area contributed by atoms with Crippen LogP contribution >= 0.6 is 0 Å². The Labute approximate surface area is 213 Å². The highest BCUT2D eigenvalue weighted by Crippen LogP contribution is 2.67. The molecule has 1 aromatic carbocycles. The lowest BCUT2D eigenvalue weighted by atomic mass is 9.44. The fourth-order valence-corrected chi connectivity index (χ4v) is 10.2. The minimum atomic E-state index is 0.125. The van der Waals surface area contributed by atoms with Crippen LogP contribution in [-0.2, 0) is 17.6 Å². The number of carbonyl (C=O) groups is 1. The fourth-order valence-electron chi connectivity index (χ4n) is 10.2. The van der Waals surface area contributed by atoms with Crippen LogP contribution in [-0.4, -0.2) is 10.8 Å². The summed E-state index contributed by atoms with van der Waals surface area (Å²) in [6.45, 7) is 12.4. The highest BCUT2D eigenvalue weighted by atomic mass is 16.1. The molecule has 0 bridgehead atoms. The average molecular weight is 474 g/mol. The molecule has 1 N–H and O–H groups in total. The minimum absolute atomic E-state index is 0.125. The zero-order valence-electron chi connectivity index (χ0n) is 22.8. The van der Waals surface area contributed by atoms with Gasteiger partial charge in [-0.1, -0.05) is 72.1 Å². The first-order valence-corrected chi connectivity index (χ1v) is 14.8. The number of hydrogen-bond acceptors (Lipinski definition) is 1. The molecule has 4 aliphatic carbocycles. The van der Waals surface area contributed by atoms with Gasteiger partial charge in [-0.3, -0.25) is 4.79 Å². The summed E-state index contributed by atoms with van der Waals surface area (Å²) in [5.41, 5.74) is 4.69. The lowest BCUT2D eigenvalue weighted by Gasteiger charge is -2.60. The third kappa shape index (κ3) is 3.59. The number of benzene rings is 1. The van der Waals surface area contributed by atoms with Gasteiger partial charge < -0.3 is 4.98 Å². The van der Waals surface area contributed by atoms with Crippen LogP contribution < -0.4 is 0 Å². The lowest BCUT2D eigenvalue weighted by molar-refractivity contribution is -0.150. The van der Waals surface area contributed by atoms with E-state index in [4.69, 9.17) is 0 Å². The molecule has 1 heterocycles. The number of hydrogen-bond donors (Lipinski definition) is 1. The molecule has 190 valence electrons. The number of nitrogens with one attached hydrogen (secondary N) is 1. The van der Waals surface area contributed by atoms with Gasteiger partial charge in [0.15, 0.2) is 0 Å². The van der Waals surface area contributed by atoms with Gasteiger partial charge in [0.25, 0.3) is 0 Å². The summed E-state index contributed by atoms with van der Waals surface area (Å²) in [5.74, 6) is 5.36. The van der Waals surface area contributed by atoms with Crippen molar-refractivity contribution in [2.75, 3.05) is 0 Å². The van der Waals surface area contributed by atoms with Crippen molar-refractivity contribution in [3.05, 3.63) is 35.5 Å². The van der Waals surface area contributed by atoms with Crippen molar-refractivity contribution in [3.8, 4) is 0 Å². The van der Waals surface area contributed by atoms with E-state index in [1.54, 1.807) is 0 Å². The standard InChI is InChI=1S/C33H47NO/c1-20(2)9-8-10-21(3)25-13-14-26-23-17-31(35)28-18-30-24(22-11-6-7-12-29(22)34-30)19-33(28,5)27(23)15-16-32(25,26)4/h6-7,11-12,20-21,23,25-28,34H,8-10,13-19H2,1-5H3. The number of aromatic amines is 1. The van der Waals surface area contributed by atoms with Gasteiger partial charge in [0.2, 0.25) is 0 Å². The first-order valence-electron chi connectivity index (χ1n) is 14.8. The summed E-state index contributed by atoms with van der Waals surface area (Å²) in [5, 5.41) is 1.40. The van der Waals surface area contributed by atoms with E-state index in [1.807, 2.05) is 0 Å². The van der Waals surface area contributed by atoms with E-state index in [-0.39, 0.29) is 11.3 Å². The van der Waals surface area contributed by atoms with E-state index in [2.05, 4.69) is 63.9 Å². The number of fused-ring (bicyclic) bond motifs is 8. The molecule has 8 atom stereocenters. The maximum atomic E-state index is 13.8. The van der Waals surface area contributed by atoms with E-state index in [0.29, 0.717) is 23.0 Å². The first kappa shape index (κ1) is 23.8. The lowest BCUT2D eigenvalue weighted by Crippen LogP contribution is -2.57. The monoisotopic (exact) mass is 473 g/mol. The largest absolute Gasteiger partial charge is 0.358 e. The molecule has 0 aliphatic heterocycles. The van der Waals surface area contributed by atoms with E-state index in [9.17, 15) is 4.79 Å². The number of rotatable bonds is 5. The molecule has 0 radical (unpaired) electrons. The van der Waals surface area contributed by atoms with Crippen molar-refractivity contribution in [2.45, 2.75) is 98.8 Å². The Kier molecular flexibility index (Phi) is 5.77. The van der Waals surface area contributed by atoms with Crippen LogP contribution in [0.1, 0.15) is 97.2 Å². The molecular weight excluding hydrogens is 426 g/mol. The van der Waals surface area contributed by atoms with Crippen molar-refractivity contribution >= 4 is 16.7 Å². The molecule has 0 saturated heterocycles. The minimum Gasteiger partial charge on any atom is -0.358 e. The topological polar surface area (TPSA) is 32.9 Å². The van der Waals surface area contributed by atoms with Gasteiger partial charge in [0, 0.05) is 28.9 Å². The summed E-state index contributed by atoms with van der Waals surface area (Å²) in [6, 6.07) is 8.79. The van der Waals surface area contributed by atoms with Crippen molar-refractivity contribution < 1.29 is 4.79 Å². The summed E-state index contributed by atoms with van der Waals surface area (Å²) in [4.78, 5) is 17.5. The first-order chi connectivity index (χ1) is 16.7. The molecule has 0 spiro atoms. The summed E-state index contributed by atoms with van der Waals surface area (Å²) < 4.78 is 0. The van der Waals surface area contributed by atoms with E-state index in [1.165, 1.54) is 67.1 Å². The zero-order chi connectivity index (χ0) is 24.5. The Morgan fingerprint density at radius 2 is 1.74 bits per heavy atom. The second-order valence-electron chi connectivity index (χ2n) is 14.1. The molecule has 2 heteroatoms. The number of aromatic nitrogens is 1. The van der Waals surface area contributed by atoms with E-state index in [0.717, 1.165) is 42.9 Å². The van der Waals surface area contributed by atoms with Gasteiger partial charge in [0.05, 0.1) is 0 Å². The van der Waals surface area contributed by atoms with Gasteiger partial charge in [0.1, 0.15) is 5.78 Å². The number of carbonyl (C=O) groups excluding carboxylic acids is 1. The van der Waals surface area contributed by atoms with Crippen LogP contribution in [0.5, 0.6) is 0 Å². The summed E-state index contributed by atoms with van der Waals surface area (Å²) in [7, 11) is 0. The molecule has 4 aliphatic rings. The molecule has 2 aromatic rings. The van der Waals surface area contributed by atoms with Crippen molar-refractivity contribution in [1.82, 2.24) is 4.98 Å². The molecule has 0 amide bonds. The van der Waals surface area contributed by atoms with Crippen LogP contribution in [0.15, 0.2) is 24.3 Å². The van der Waals surface area contributed by atoms with E-state index < -0.39 is 0 Å². The number of H-pyrrole nitrogens is 1. The number of Topliss-reactive ketones (excluding diaryl/α,β-unsaturated/α-hetero) is 1. The summed E-state index contributed by atoms with van der Waals surface area (Å²) in [6.07, 6.45) is 12.5. The molecule has 1 aromatic heterocycles. The fraction of sp³-hybridized carbons (Fsp3) is 0.727. The van der Waals surface area contributed by atoms with Crippen LogP contribution in [0.3, 0.4) is 0 Å². The third-order valence-corrected chi connectivity index (χ3v) is 12.0. The van der Waals surface area contributed by atoms with Crippen molar-refractivity contribution in [1.29, 1.82) is 0 Å². The number of ketones is 1. The Morgan fingerprint density at radius 3 is 2.54 bits per heavy atom.